The first-order valence-electron chi connectivity index (χ1n) is 8.01. The molecule has 0 aliphatic carbocycles. The molecule has 1 atom stereocenters. The zero-order chi connectivity index (χ0) is 17.4. The second kappa shape index (κ2) is 8.93. The average molecular weight is 328 g/mol. The summed E-state index contributed by atoms with van der Waals surface area (Å²) in [4.78, 5) is 12.2. The van der Waals surface area contributed by atoms with Gasteiger partial charge in [-0.1, -0.05) is 24.3 Å². The maximum atomic E-state index is 12.2. The molecule has 0 aliphatic heterocycles. The molecule has 3 N–H and O–H groups in total. The van der Waals surface area contributed by atoms with E-state index in [4.69, 9.17) is 9.84 Å². The number of nitrogens with one attached hydrogen (secondary N) is 2. The molecule has 2 aromatic rings. The predicted octanol–water partition coefficient (Wildman–Crippen LogP) is 3.06. The summed E-state index contributed by atoms with van der Waals surface area (Å²) in [7, 11) is 1.58. The molecule has 1 unspecified atom stereocenters. The molecule has 2 aromatic carbocycles. The third kappa shape index (κ3) is 5.28. The van der Waals surface area contributed by atoms with Crippen molar-refractivity contribution in [2.24, 2.45) is 0 Å². The van der Waals surface area contributed by atoms with E-state index in [2.05, 4.69) is 10.6 Å². The summed E-state index contributed by atoms with van der Waals surface area (Å²) in [6.45, 7) is 2.11. The van der Waals surface area contributed by atoms with Crippen LogP contribution < -0.4 is 15.4 Å². The maximum absolute atomic E-state index is 12.2. The minimum atomic E-state index is -0.0728. The van der Waals surface area contributed by atoms with Crippen LogP contribution in [0.1, 0.15) is 18.9 Å². The molecule has 0 aromatic heterocycles. The van der Waals surface area contributed by atoms with E-state index in [0.29, 0.717) is 24.3 Å². The Kier molecular flexibility index (Phi) is 6.63. The molecule has 0 saturated carbocycles. The van der Waals surface area contributed by atoms with E-state index in [9.17, 15) is 4.79 Å². The highest BCUT2D eigenvalue weighted by Gasteiger charge is 2.11. The van der Waals surface area contributed by atoms with Crippen LogP contribution in [0.15, 0.2) is 48.5 Å². The van der Waals surface area contributed by atoms with Gasteiger partial charge in [-0.3, -0.25) is 4.79 Å². The van der Waals surface area contributed by atoms with Crippen LogP contribution in [0.3, 0.4) is 0 Å². The molecular formula is C19H24N2O3. The molecule has 2 rings (SSSR count). The summed E-state index contributed by atoms with van der Waals surface area (Å²) in [6.07, 6.45) is 0.994. The van der Waals surface area contributed by atoms with Gasteiger partial charge in [-0.25, -0.2) is 0 Å². The van der Waals surface area contributed by atoms with E-state index in [-0.39, 0.29) is 18.6 Å². The van der Waals surface area contributed by atoms with Crippen molar-refractivity contribution in [3.63, 3.8) is 0 Å². The van der Waals surface area contributed by atoms with Crippen LogP contribution in [-0.2, 0) is 11.2 Å². The van der Waals surface area contributed by atoms with Crippen molar-refractivity contribution in [3.8, 4) is 5.75 Å². The number of hydrogen-bond donors (Lipinski definition) is 3. The first-order chi connectivity index (χ1) is 11.6. The van der Waals surface area contributed by atoms with E-state index in [1.54, 1.807) is 7.11 Å². The summed E-state index contributed by atoms with van der Waals surface area (Å²) in [5.74, 6) is 0.572. The first kappa shape index (κ1) is 17.8. The van der Waals surface area contributed by atoms with Gasteiger partial charge in [0.2, 0.25) is 5.91 Å². The Hall–Kier alpha value is -2.53. The lowest BCUT2D eigenvalue weighted by atomic mass is 10.1. The molecule has 24 heavy (non-hydrogen) atoms. The highest BCUT2D eigenvalue weighted by atomic mass is 16.5. The minimum Gasteiger partial charge on any atom is -0.495 e. The van der Waals surface area contributed by atoms with Crippen molar-refractivity contribution in [2.75, 3.05) is 24.4 Å². The van der Waals surface area contributed by atoms with Crippen LogP contribution in [0.4, 0.5) is 11.4 Å². The summed E-state index contributed by atoms with van der Waals surface area (Å²) in [5, 5.41) is 15.1. The summed E-state index contributed by atoms with van der Waals surface area (Å²) >= 11 is 0. The van der Waals surface area contributed by atoms with Gasteiger partial charge in [0.15, 0.2) is 0 Å². The Labute approximate surface area is 142 Å². The van der Waals surface area contributed by atoms with Crippen LogP contribution in [-0.4, -0.2) is 30.8 Å². The number of aliphatic hydroxyl groups is 1. The van der Waals surface area contributed by atoms with E-state index in [1.807, 2.05) is 55.5 Å². The first-order valence-corrected chi connectivity index (χ1v) is 8.01. The second-order valence-corrected chi connectivity index (χ2v) is 5.67. The lowest BCUT2D eigenvalue weighted by Gasteiger charge is -2.16. The van der Waals surface area contributed by atoms with Crippen molar-refractivity contribution in [3.05, 3.63) is 54.1 Å². The number of carbonyl (C=O) groups excluding carboxylic acids is 1. The monoisotopic (exact) mass is 328 g/mol. The number of hydrogen-bond acceptors (Lipinski definition) is 4. The van der Waals surface area contributed by atoms with Gasteiger partial charge in [-0.2, -0.15) is 0 Å². The number of carbonyl (C=O) groups is 1. The minimum absolute atomic E-state index is 0.0107. The van der Waals surface area contributed by atoms with Crippen LogP contribution >= 0.6 is 0 Å². The molecule has 0 bridgehead atoms. The highest BCUT2D eigenvalue weighted by molar-refractivity contribution is 5.92. The Morgan fingerprint density at radius 1 is 1.17 bits per heavy atom. The van der Waals surface area contributed by atoms with Crippen molar-refractivity contribution >= 4 is 17.3 Å². The quantitative estimate of drug-likeness (QED) is 0.696. The SMILES string of the molecule is COc1ccccc1NC(=O)CC(C)Nc1ccc(CCO)cc1. The van der Waals surface area contributed by atoms with E-state index in [0.717, 1.165) is 11.3 Å². The van der Waals surface area contributed by atoms with Gasteiger partial charge in [-0.05, 0) is 43.2 Å². The zero-order valence-corrected chi connectivity index (χ0v) is 14.1. The topological polar surface area (TPSA) is 70.6 Å². The largest absolute Gasteiger partial charge is 0.495 e. The van der Waals surface area contributed by atoms with Gasteiger partial charge in [0, 0.05) is 24.8 Å². The maximum Gasteiger partial charge on any atom is 0.226 e. The molecule has 0 spiro atoms. The van der Waals surface area contributed by atoms with Gasteiger partial charge in [0.25, 0.3) is 0 Å². The predicted molar refractivity (Wildman–Crippen MR) is 96.6 cm³/mol. The van der Waals surface area contributed by atoms with Crippen molar-refractivity contribution in [1.82, 2.24) is 0 Å². The fourth-order valence-corrected chi connectivity index (χ4v) is 2.46. The van der Waals surface area contributed by atoms with E-state index in [1.165, 1.54) is 0 Å². The lowest BCUT2D eigenvalue weighted by molar-refractivity contribution is -0.116. The molecule has 0 heterocycles. The number of rotatable bonds is 8. The van der Waals surface area contributed by atoms with Gasteiger partial charge < -0.3 is 20.5 Å². The molecule has 0 radical (unpaired) electrons. The second-order valence-electron chi connectivity index (χ2n) is 5.67. The zero-order valence-electron chi connectivity index (χ0n) is 14.1. The Morgan fingerprint density at radius 3 is 2.54 bits per heavy atom. The van der Waals surface area contributed by atoms with Crippen molar-refractivity contribution in [1.29, 1.82) is 0 Å². The Morgan fingerprint density at radius 2 is 1.88 bits per heavy atom. The summed E-state index contributed by atoms with van der Waals surface area (Å²) in [6, 6.07) is 15.2. The standard InChI is InChI=1S/C19H24N2O3/c1-14(20-16-9-7-15(8-10-16)11-12-22)13-19(23)21-17-5-3-4-6-18(17)24-2/h3-10,14,20,22H,11-13H2,1-2H3,(H,21,23). The molecular weight excluding hydrogens is 304 g/mol. The van der Waals surface area contributed by atoms with Crippen LogP contribution in [0.5, 0.6) is 5.75 Å². The van der Waals surface area contributed by atoms with Crippen molar-refractivity contribution < 1.29 is 14.6 Å². The van der Waals surface area contributed by atoms with E-state index < -0.39 is 0 Å². The number of aliphatic hydroxyl groups excluding tert-OH is 1. The molecule has 0 fully saturated rings. The third-order valence-corrected chi connectivity index (χ3v) is 3.64. The normalized spacial score (nSPS) is 11.6. The Bertz CT molecular complexity index is 656. The van der Waals surface area contributed by atoms with Gasteiger partial charge >= 0.3 is 0 Å². The highest BCUT2D eigenvalue weighted by Crippen LogP contribution is 2.23. The number of amides is 1. The fourth-order valence-electron chi connectivity index (χ4n) is 2.46. The number of ether oxygens (including phenoxy) is 1. The molecule has 5 nitrogen and oxygen atoms in total. The number of methoxy groups -OCH3 is 1. The Balaban J connectivity index is 1.87. The molecule has 0 saturated heterocycles. The number of para-hydroxylation sites is 2. The van der Waals surface area contributed by atoms with Crippen LogP contribution in [0.25, 0.3) is 0 Å². The van der Waals surface area contributed by atoms with Gasteiger partial charge in [0.05, 0.1) is 12.8 Å². The molecule has 5 heteroatoms. The molecule has 0 aliphatic rings. The van der Waals surface area contributed by atoms with Crippen molar-refractivity contribution in [2.45, 2.75) is 25.8 Å². The molecule has 1 amide bonds. The van der Waals surface area contributed by atoms with Gasteiger partial charge in [0.1, 0.15) is 5.75 Å². The number of benzene rings is 2. The van der Waals surface area contributed by atoms with Gasteiger partial charge in [-0.15, -0.1) is 0 Å². The van der Waals surface area contributed by atoms with E-state index >= 15 is 0 Å². The summed E-state index contributed by atoms with van der Waals surface area (Å²) in [5.41, 5.74) is 2.71. The summed E-state index contributed by atoms with van der Waals surface area (Å²) < 4.78 is 5.23. The molecule has 128 valence electrons. The average Bonchev–Trinajstić information content (AvgIpc) is 2.57. The third-order valence-electron chi connectivity index (χ3n) is 3.64. The van der Waals surface area contributed by atoms with Crippen LogP contribution in [0.2, 0.25) is 0 Å². The smallest absolute Gasteiger partial charge is 0.226 e. The fraction of sp³-hybridized carbons (Fsp3) is 0.316. The lowest BCUT2D eigenvalue weighted by Crippen LogP contribution is -2.24. The van der Waals surface area contributed by atoms with Crippen LogP contribution in [0, 0.1) is 0 Å². The number of anilines is 2.